The molecule has 1 fully saturated rings. The van der Waals surface area contributed by atoms with Crippen LogP contribution < -0.4 is 15.6 Å². The molecule has 0 bridgehead atoms. The van der Waals surface area contributed by atoms with Crippen molar-refractivity contribution in [1.82, 2.24) is 15.2 Å². The zero-order valence-corrected chi connectivity index (χ0v) is 21.7. The first-order valence-corrected chi connectivity index (χ1v) is 13.3. The van der Waals surface area contributed by atoms with Crippen molar-refractivity contribution < 1.29 is 28.9 Å². The Morgan fingerprint density at radius 2 is 2.13 bits per heavy atom. The van der Waals surface area contributed by atoms with E-state index in [1.165, 1.54) is 23.8 Å². The second-order valence-corrected chi connectivity index (χ2v) is 10.4. The number of hydrogen-bond acceptors (Lipinski definition) is 9. The molecular formula is C25H23N6O5S2+. The number of rotatable bonds is 8. The minimum atomic E-state index is -1.21. The number of β-lactam (4-membered cyclic amide) rings is 1. The van der Waals surface area contributed by atoms with Crippen LogP contribution in [0.2, 0.25) is 0 Å². The van der Waals surface area contributed by atoms with Gasteiger partial charge in [0.2, 0.25) is 0 Å². The van der Waals surface area contributed by atoms with E-state index in [1.807, 2.05) is 53.4 Å². The van der Waals surface area contributed by atoms with Gasteiger partial charge in [-0.2, -0.15) is 0 Å². The molecule has 0 spiro atoms. The van der Waals surface area contributed by atoms with Gasteiger partial charge in [0, 0.05) is 27.5 Å². The van der Waals surface area contributed by atoms with E-state index in [9.17, 15) is 19.5 Å². The lowest BCUT2D eigenvalue weighted by Crippen LogP contribution is -2.73. The Labute approximate surface area is 225 Å². The molecule has 4 N–H and O–H groups in total. The number of nitrogens with two attached hydrogens (primary N) is 1. The molecule has 2 amide bonds. The van der Waals surface area contributed by atoms with E-state index in [0.29, 0.717) is 17.2 Å². The number of anilines is 1. The quantitative estimate of drug-likeness (QED) is 0.165. The molecule has 5 rings (SSSR count). The summed E-state index contributed by atoms with van der Waals surface area (Å²) in [6.45, 7) is 0.528. The van der Waals surface area contributed by atoms with E-state index in [2.05, 4.69) is 15.5 Å². The number of nitrogens with one attached hydrogen (secondary N) is 1. The number of oxime groups is 1. The minimum Gasteiger partial charge on any atom is -0.477 e. The second-order valence-electron chi connectivity index (χ2n) is 8.42. The van der Waals surface area contributed by atoms with Crippen LogP contribution in [0.4, 0.5) is 5.13 Å². The lowest BCUT2D eigenvalue weighted by Gasteiger charge is -2.49. The van der Waals surface area contributed by atoms with Gasteiger partial charge in [-0.1, -0.05) is 23.4 Å². The van der Waals surface area contributed by atoms with Gasteiger partial charge in [-0.3, -0.25) is 14.5 Å². The van der Waals surface area contributed by atoms with E-state index in [1.54, 1.807) is 11.5 Å². The average Bonchev–Trinajstić information content (AvgIpc) is 3.35. The standard InChI is InChI=1S/C25H22N6O5S2/c1-36-29-19(16-12-38-25(26)27-16)22(32)28-20-17-13-37-18(21(24(34)35)31(17)23(20)33)7-4-9-30-10-8-14-5-2-3-6-15(14)11-30/h2-8,10-12,17,20H,9,13H2,1H3,(H3-,26,27,28,32,34,35)/p+1/t17-,20+/m1/s1. The molecule has 1 aromatic carbocycles. The van der Waals surface area contributed by atoms with Gasteiger partial charge >= 0.3 is 5.97 Å². The number of nitrogen functional groups attached to an aromatic ring is 1. The molecule has 38 heavy (non-hydrogen) atoms. The number of hydrogen-bond donors (Lipinski definition) is 3. The van der Waals surface area contributed by atoms with Gasteiger partial charge in [0.15, 0.2) is 29.8 Å². The van der Waals surface area contributed by atoms with Crippen molar-refractivity contribution in [2.75, 3.05) is 18.6 Å². The number of aliphatic carboxylic acids is 1. The molecule has 11 nitrogen and oxygen atoms in total. The number of thiazole rings is 1. The lowest BCUT2D eigenvalue weighted by molar-refractivity contribution is -0.685. The third-order valence-electron chi connectivity index (χ3n) is 6.09. The van der Waals surface area contributed by atoms with E-state index in [4.69, 9.17) is 10.6 Å². The Morgan fingerprint density at radius 1 is 1.34 bits per heavy atom. The molecule has 4 heterocycles. The van der Waals surface area contributed by atoms with Gasteiger partial charge in [-0.25, -0.2) is 14.3 Å². The van der Waals surface area contributed by atoms with Crippen LogP contribution in [0.1, 0.15) is 5.69 Å². The maximum atomic E-state index is 13.0. The molecule has 13 heteroatoms. The number of allylic oxidation sites excluding steroid dienone is 2. The van der Waals surface area contributed by atoms with Crippen LogP contribution in [0.3, 0.4) is 0 Å². The summed E-state index contributed by atoms with van der Waals surface area (Å²) in [5, 5.41) is 20.3. The van der Waals surface area contributed by atoms with Crippen LogP contribution in [0, 0.1) is 0 Å². The predicted molar refractivity (Wildman–Crippen MR) is 143 cm³/mol. The van der Waals surface area contributed by atoms with Crippen LogP contribution >= 0.6 is 23.1 Å². The van der Waals surface area contributed by atoms with Crippen LogP contribution in [0.5, 0.6) is 0 Å². The third-order valence-corrected chi connectivity index (χ3v) is 7.91. The SMILES string of the molecule is CON=C(C(=O)N[C@@H]1C(=O)N2C(C(=O)O)=C(C=CC[n+]3ccc4ccccc4c3)SC[C@H]12)c1csc(N)n1. The fourth-order valence-corrected chi connectivity index (χ4v) is 6.08. The molecule has 2 aliphatic heterocycles. The van der Waals surface area contributed by atoms with Crippen molar-refractivity contribution in [2.24, 2.45) is 5.16 Å². The highest BCUT2D eigenvalue weighted by atomic mass is 32.2. The summed E-state index contributed by atoms with van der Waals surface area (Å²) in [5.41, 5.74) is 5.65. The number of carboxylic acid groups (broad SMARTS) is 1. The summed E-state index contributed by atoms with van der Waals surface area (Å²) < 4.78 is 1.99. The number of pyridine rings is 1. The third kappa shape index (κ3) is 4.85. The van der Waals surface area contributed by atoms with Crippen molar-refractivity contribution in [3.8, 4) is 0 Å². The van der Waals surface area contributed by atoms with Crippen LogP contribution in [0.25, 0.3) is 10.8 Å². The van der Waals surface area contributed by atoms with E-state index in [-0.39, 0.29) is 22.2 Å². The van der Waals surface area contributed by atoms with Crippen molar-refractivity contribution in [3.63, 3.8) is 0 Å². The highest BCUT2D eigenvalue weighted by Crippen LogP contribution is 2.39. The molecular weight excluding hydrogens is 528 g/mol. The first-order valence-electron chi connectivity index (χ1n) is 11.5. The molecule has 0 saturated carbocycles. The molecule has 2 aromatic heterocycles. The summed E-state index contributed by atoms with van der Waals surface area (Å²) >= 11 is 2.46. The van der Waals surface area contributed by atoms with Crippen molar-refractivity contribution in [2.45, 2.75) is 18.6 Å². The van der Waals surface area contributed by atoms with Gasteiger partial charge in [0.05, 0.1) is 6.04 Å². The smallest absolute Gasteiger partial charge is 0.353 e. The molecule has 2 aliphatic rings. The van der Waals surface area contributed by atoms with Gasteiger partial charge in [-0.15, -0.1) is 23.1 Å². The number of carbonyl (C=O) groups excluding carboxylic acids is 2. The van der Waals surface area contributed by atoms with Gasteiger partial charge in [0.25, 0.3) is 11.8 Å². The number of aromatic nitrogens is 2. The second kappa shape index (κ2) is 10.6. The Morgan fingerprint density at radius 3 is 2.84 bits per heavy atom. The van der Waals surface area contributed by atoms with Gasteiger partial charge in [-0.05, 0) is 23.6 Å². The predicted octanol–water partition coefficient (Wildman–Crippen LogP) is 1.51. The van der Waals surface area contributed by atoms with E-state index < -0.39 is 29.9 Å². The number of carbonyl (C=O) groups is 3. The van der Waals surface area contributed by atoms with Crippen molar-refractivity contribution in [1.29, 1.82) is 0 Å². The summed E-state index contributed by atoms with van der Waals surface area (Å²) in [6, 6.07) is 8.62. The normalized spacial score (nSPS) is 19.4. The van der Waals surface area contributed by atoms with Crippen molar-refractivity contribution >= 4 is 62.5 Å². The molecule has 2 atom stereocenters. The minimum absolute atomic E-state index is 0.0976. The molecule has 0 radical (unpaired) electrons. The summed E-state index contributed by atoms with van der Waals surface area (Å²) in [5.74, 6) is -1.97. The molecule has 0 aliphatic carbocycles. The van der Waals surface area contributed by atoms with Crippen LogP contribution in [-0.2, 0) is 25.8 Å². The highest BCUT2D eigenvalue weighted by Gasteiger charge is 2.54. The number of benzene rings is 1. The number of nitrogens with zero attached hydrogens (tertiary/aromatic N) is 4. The summed E-state index contributed by atoms with van der Waals surface area (Å²) in [6.07, 6.45) is 7.55. The number of carboxylic acids is 1. The van der Waals surface area contributed by atoms with Crippen molar-refractivity contribution in [3.05, 3.63) is 76.6 Å². The fraction of sp³-hybridized carbons (Fsp3) is 0.200. The maximum absolute atomic E-state index is 13.0. The highest BCUT2D eigenvalue weighted by molar-refractivity contribution is 8.03. The zero-order valence-electron chi connectivity index (χ0n) is 20.1. The molecule has 3 aromatic rings. The van der Waals surface area contributed by atoms with Crippen LogP contribution in [-0.4, -0.2) is 63.4 Å². The first-order chi connectivity index (χ1) is 18.4. The van der Waals surface area contributed by atoms with E-state index >= 15 is 0 Å². The topological polar surface area (TPSA) is 151 Å². The maximum Gasteiger partial charge on any atom is 0.353 e. The first kappa shape index (κ1) is 25.4. The summed E-state index contributed by atoms with van der Waals surface area (Å²) in [7, 11) is 1.29. The lowest BCUT2D eigenvalue weighted by atomic mass is 9.94. The summed E-state index contributed by atoms with van der Waals surface area (Å²) in [4.78, 5) is 48.6. The van der Waals surface area contributed by atoms with E-state index in [0.717, 1.165) is 22.1 Å². The average molecular weight is 552 g/mol. The monoisotopic (exact) mass is 551 g/mol. The Bertz CT molecular complexity index is 1530. The fourth-order valence-electron chi connectivity index (χ4n) is 4.32. The number of thioether (sulfide) groups is 1. The van der Waals surface area contributed by atoms with Crippen LogP contribution in [0.15, 0.2) is 76.0 Å². The van der Waals surface area contributed by atoms with Gasteiger partial charge < -0.3 is 21.0 Å². The zero-order chi connectivity index (χ0) is 26.8. The largest absolute Gasteiger partial charge is 0.477 e. The molecule has 1 saturated heterocycles. The number of fused-ring (bicyclic) bond motifs is 2. The molecule has 0 unspecified atom stereocenters. The Balaban J connectivity index is 1.30. The van der Waals surface area contributed by atoms with Gasteiger partial charge in [0.1, 0.15) is 24.5 Å². The Kier molecular flexibility index (Phi) is 7.11. The Hall–Kier alpha value is -4.23. The number of amides is 2. The molecule has 194 valence electrons.